The monoisotopic (exact) mass is 348 g/mol. The Kier molecular flexibility index (Phi) is 5.01. The normalized spacial score (nSPS) is 18.0. The zero-order valence-corrected chi connectivity index (χ0v) is 14.1. The van der Waals surface area contributed by atoms with Crippen LogP contribution in [0.4, 0.5) is 5.69 Å². The van der Waals surface area contributed by atoms with Crippen LogP contribution in [0.2, 0.25) is 5.02 Å². The number of methoxy groups -OCH3 is 1. The number of halogens is 1. The van der Waals surface area contributed by atoms with Gasteiger partial charge in [0.25, 0.3) is 0 Å². The highest BCUT2D eigenvalue weighted by molar-refractivity contribution is 6.30. The van der Waals surface area contributed by atoms with Crippen molar-refractivity contribution >= 4 is 23.3 Å². The van der Waals surface area contributed by atoms with Gasteiger partial charge in [0, 0.05) is 5.02 Å². The maximum Gasteiger partial charge on any atom is 0.338 e. The number of hydrogen-bond donors (Lipinski definition) is 0. The van der Waals surface area contributed by atoms with Crippen LogP contribution in [0.3, 0.4) is 0 Å². The van der Waals surface area contributed by atoms with E-state index in [4.69, 9.17) is 26.1 Å². The number of carbonyl (C=O) groups excluding carboxylic acids is 1. The maximum atomic E-state index is 11.9. The smallest absolute Gasteiger partial charge is 0.338 e. The molecule has 0 aromatic heterocycles. The average Bonchev–Trinajstić information content (AvgIpc) is 2.96. The van der Waals surface area contributed by atoms with Crippen LogP contribution in [0.5, 0.6) is 0 Å². The van der Waals surface area contributed by atoms with Crippen LogP contribution < -0.4 is 5.23 Å². The Morgan fingerprint density at radius 3 is 2.62 bits per heavy atom. The zero-order valence-electron chi connectivity index (χ0n) is 13.3. The Balaban J connectivity index is 1.75. The SMILES string of the molecule is COC(=O)c1ccccc1CN1ON(c2ccc(Cl)cc2)OC1C. The molecule has 1 unspecified atom stereocenters. The number of anilines is 1. The Morgan fingerprint density at radius 1 is 1.21 bits per heavy atom. The molecule has 0 saturated carbocycles. The van der Waals surface area contributed by atoms with Crippen LogP contribution in [0, 0.1) is 0 Å². The van der Waals surface area contributed by atoms with Crippen LogP contribution in [0.1, 0.15) is 22.8 Å². The molecule has 24 heavy (non-hydrogen) atoms. The first kappa shape index (κ1) is 16.7. The number of hydroxylamine groups is 2. The molecule has 0 amide bonds. The minimum absolute atomic E-state index is 0.327. The van der Waals surface area contributed by atoms with Crippen molar-refractivity contribution in [3.63, 3.8) is 0 Å². The van der Waals surface area contributed by atoms with Crippen LogP contribution >= 0.6 is 11.6 Å². The summed E-state index contributed by atoms with van der Waals surface area (Å²) in [6.45, 7) is 2.23. The van der Waals surface area contributed by atoms with Gasteiger partial charge in [-0.15, -0.1) is 10.3 Å². The molecule has 0 N–H and O–H groups in total. The summed E-state index contributed by atoms with van der Waals surface area (Å²) in [5.41, 5.74) is 2.01. The summed E-state index contributed by atoms with van der Waals surface area (Å²) in [5.74, 6) is -0.382. The molecular formula is C17H17ClN2O4. The van der Waals surface area contributed by atoms with E-state index in [1.165, 1.54) is 12.3 Å². The largest absolute Gasteiger partial charge is 0.465 e. The molecule has 0 aliphatic carbocycles. The van der Waals surface area contributed by atoms with E-state index in [0.717, 1.165) is 11.3 Å². The standard InChI is InChI=1S/C17H17ClN2O4/c1-12-19(11-13-5-3-4-6-16(13)17(21)22-2)24-20(23-12)15-9-7-14(18)8-10-15/h3-10,12H,11H2,1-2H3. The molecular weight excluding hydrogens is 332 g/mol. The predicted molar refractivity (Wildman–Crippen MR) is 88.9 cm³/mol. The molecule has 1 fully saturated rings. The molecule has 2 aromatic carbocycles. The summed E-state index contributed by atoms with van der Waals surface area (Å²) in [7, 11) is 1.36. The lowest BCUT2D eigenvalue weighted by Gasteiger charge is -2.17. The highest BCUT2D eigenvalue weighted by Crippen LogP contribution is 2.27. The van der Waals surface area contributed by atoms with Gasteiger partial charge in [0.05, 0.1) is 24.9 Å². The third-order valence-corrected chi connectivity index (χ3v) is 3.87. The fourth-order valence-electron chi connectivity index (χ4n) is 2.34. The summed E-state index contributed by atoms with van der Waals surface area (Å²) in [6, 6.07) is 14.3. The van der Waals surface area contributed by atoms with Crippen molar-refractivity contribution in [2.45, 2.75) is 19.7 Å². The maximum absolute atomic E-state index is 11.9. The first-order valence-electron chi connectivity index (χ1n) is 7.42. The van der Waals surface area contributed by atoms with Gasteiger partial charge in [0.2, 0.25) is 0 Å². The number of rotatable bonds is 4. The van der Waals surface area contributed by atoms with Crippen molar-refractivity contribution in [3.8, 4) is 0 Å². The van der Waals surface area contributed by atoms with E-state index in [-0.39, 0.29) is 12.2 Å². The van der Waals surface area contributed by atoms with Crippen molar-refractivity contribution in [1.82, 2.24) is 5.06 Å². The Morgan fingerprint density at radius 2 is 1.92 bits per heavy atom. The molecule has 3 rings (SSSR count). The lowest BCUT2D eigenvalue weighted by Crippen LogP contribution is -2.27. The van der Waals surface area contributed by atoms with Crippen molar-refractivity contribution in [3.05, 3.63) is 64.7 Å². The molecule has 0 bridgehead atoms. The molecule has 1 aliphatic heterocycles. The number of ether oxygens (including phenoxy) is 1. The molecule has 1 saturated heterocycles. The first-order valence-corrected chi connectivity index (χ1v) is 7.79. The molecule has 0 radical (unpaired) electrons. The lowest BCUT2D eigenvalue weighted by molar-refractivity contribution is -0.148. The fourth-order valence-corrected chi connectivity index (χ4v) is 2.46. The third-order valence-electron chi connectivity index (χ3n) is 3.62. The van der Waals surface area contributed by atoms with Crippen LogP contribution in [0.25, 0.3) is 0 Å². The van der Waals surface area contributed by atoms with Crippen LogP contribution in [0.15, 0.2) is 48.5 Å². The molecule has 7 heteroatoms. The van der Waals surface area contributed by atoms with Gasteiger partial charge in [-0.3, -0.25) is 0 Å². The zero-order chi connectivity index (χ0) is 17.1. The highest BCUT2D eigenvalue weighted by Gasteiger charge is 2.31. The molecule has 6 nitrogen and oxygen atoms in total. The molecule has 1 atom stereocenters. The van der Waals surface area contributed by atoms with Gasteiger partial charge in [-0.05, 0) is 42.8 Å². The minimum atomic E-state index is -0.382. The van der Waals surface area contributed by atoms with Crippen LogP contribution in [-0.2, 0) is 21.1 Å². The Bertz CT molecular complexity index is 723. The number of carbonyl (C=O) groups is 1. The lowest BCUT2D eigenvalue weighted by atomic mass is 10.1. The van der Waals surface area contributed by atoms with Gasteiger partial charge in [-0.1, -0.05) is 29.8 Å². The van der Waals surface area contributed by atoms with Crippen molar-refractivity contribution < 1.29 is 19.3 Å². The van der Waals surface area contributed by atoms with E-state index >= 15 is 0 Å². The second-order valence-corrected chi connectivity index (χ2v) is 5.68. The summed E-state index contributed by atoms with van der Waals surface area (Å²) >= 11 is 5.89. The highest BCUT2D eigenvalue weighted by atomic mass is 35.5. The second-order valence-electron chi connectivity index (χ2n) is 5.24. The van der Waals surface area contributed by atoms with Gasteiger partial charge in [-0.25, -0.2) is 9.63 Å². The van der Waals surface area contributed by atoms with Gasteiger partial charge < -0.3 is 4.74 Å². The second kappa shape index (κ2) is 7.19. The van der Waals surface area contributed by atoms with Crippen molar-refractivity contribution in [2.24, 2.45) is 0 Å². The molecule has 126 valence electrons. The van der Waals surface area contributed by atoms with E-state index in [1.54, 1.807) is 41.5 Å². The fraction of sp³-hybridized carbons (Fsp3) is 0.235. The molecule has 1 aliphatic rings. The quantitative estimate of drug-likeness (QED) is 0.787. The number of esters is 1. The Hall–Kier alpha value is -2.12. The average molecular weight is 349 g/mol. The van der Waals surface area contributed by atoms with E-state index < -0.39 is 0 Å². The van der Waals surface area contributed by atoms with Gasteiger partial charge >= 0.3 is 5.97 Å². The van der Waals surface area contributed by atoms with E-state index in [1.807, 2.05) is 19.1 Å². The molecule has 0 spiro atoms. The van der Waals surface area contributed by atoms with Crippen molar-refractivity contribution in [2.75, 3.05) is 12.3 Å². The van der Waals surface area contributed by atoms with Gasteiger partial charge in [0.15, 0.2) is 6.23 Å². The van der Waals surface area contributed by atoms with Crippen LogP contribution in [-0.4, -0.2) is 24.4 Å². The van der Waals surface area contributed by atoms with E-state index in [9.17, 15) is 4.79 Å². The Labute approximate surface area is 144 Å². The summed E-state index contributed by atoms with van der Waals surface area (Å²) < 4.78 is 4.82. The van der Waals surface area contributed by atoms with E-state index in [0.29, 0.717) is 17.1 Å². The summed E-state index contributed by atoms with van der Waals surface area (Å²) in [5, 5.41) is 3.59. The third kappa shape index (κ3) is 3.52. The number of nitrogens with zero attached hydrogens (tertiary/aromatic N) is 2. The first-order chi connectivity index (χ1) is 11.6. The minimum Gasteiger partial charge on any atom is -0.465 e. The van der Waals surface area contributed by atoms with Crippen molar-refractivity contribution in [1.29, 1.82) is 0 Å². The summed E-state index contributed by atoms with van der Waals surface area (Å²) in [6.07, 6.45) is -0.327. The molecule has 2 aromatic rings. The number of hydrogen-bond acceptors (Lipinski definition) is 6. The van der Waals surface area contributed by atoms with E-state index in [2.05, 4.69) is 0 Å². The predicted octanol–water partition coefficient (Wildman–Crippen LogP) is 3.57. The van der Waals surface area contributed by atoms with Gasteiger partial charge in [-0.2, -0.15) is 4.94 Å². The van der Waals surface area contributed by atoms with Gasteiger partial charge in [0.1, 0.15) is 0 Å². The molecule has 1 heterocycles. The number of benzene rings is 2. The topological polar surface area (TPSA) is 51.2 Å². The summed E-state index contributed by atoms with van der Waals surface area (Å²) in [4.78, 5) is 23.3.